The first-order valence-electron chi connectivity index (χ1n) is 7.12. The molecule has 0 radical (unpaired) electrons. The fourth-order valence-corrected chi connectivity index (χ4v) is 3.73. The number of nitrogens with zero attached hydrogens (tertiary/aromatic N) is 1. The van der Waals surface area contributed by atoms with Crippen molar-refractivity contribution in [2.45, 2.75) is 52.1 Å². The average molecular weight is 281 g/mol. The highest BCUT2D eigenvalue weighted by atomic mass is 32.1. The smallest absolute Gasteiger partial charge is 0.345 e. The van der Waals surface area contributed by atoms with Crippen molar-refractivity contribution >= 4 is 17.3 Å². The van der Waals surface area contributed by atoms with Crippen molar-refractivity contribution in [3.63, 3.8) is 0 Å². The van der Waals surface area contributed by atoms with Crippen LogP contribution in [0.1, 0.15) is 54.1 Å². The number of thiophene rings is 1. The highest BCUT2D eigenvalue weighted by Crippen LogP contribution is 2.27. The van der Waals surface area contributed by atoms with Gasteiger partial charge in [0.05, 0.1) is 0 Å². The van der Waals surface area contributed by atoms with Gasteiger partial charge in [-0.2, -0.15) is 0 Å². The molecule has 106 valence electrons. The van der Waals surface area contributed by atoms with Gasteiger partial charge in [0, 0.05) is 24.0 Å². The van der Waals surface area contributed by atoms with E-state index in [4.69, 9.17) is 5.11 Å². The summed E-state index contributed by atoms with van der Waals surface area (Å²) >= 11 is 1.41. The first-order chi connectivity index (χ1) is 9.06. The van der Waals surface area contributed by atoms with E-state index in [0.29, 0.717) is 16.8 Å². The average Bonchev–Trinajstić information content (AvgIpc) is 2.98. The van der Waals surface area contributed by atoms with Gasteiger partial charge in [-0.1, -0.05) is 26.7 Å². The first kappa shape index (κ1) is 14.5. The van der Waals surface area contributed by atoms with Gasteiger partial charge in [-0.05, 0) is 30.9 Å². The van der Waals surface area contributed by atoms with Crippen molar-refractivity contribution in [1.82, 2.24) is 4.90 Å². The number of carboxylic acids is 1. The maximum Gasteiger partial charge on any atom is 0.345 e. The topological polar surface area (TPSA) is 40.5 Å². The van der Waals surface area contributed by atoms with Crippen molar-refractivity contribution in [2.24, 2.45) is 5.92 Å². The number of hydrogen-bond acceptors (Lipinski definition) is 3. The summed E-state index contributed by atoms with van der Waals surface area (Å²) in [5.41, 5.74) is 0. The summed E-state index contributed by atoms with van der Waals surface area (Å²) in [6, 6.07) is 4.39. The van der Waals surface area contributed by atoms with Crippen LogP contribution >= 0.6 is 11.3 Å². The molecule has 3 nitrogen and oxygen atoms in total. The quantitative estimate of drug-likeness (QED) is 0.861. The Balaban J connectivity index is 2.03. The van der Waals surface area contributed by atoms with Crippen LogP contribution in [0.15, 0.2) is 12.1 Å². The van der Waals surface area contributed by atoms with E-state index in [-0.39, 0.29) is 0 Å². The summed E-state index contributed by atoms with van der Waals surface area (Å²) in [4.78, 5) is 15.1. The Kier molecular flexibility index (Phi) is 4.99. The van der Waals surface area contributed by atoms with Crippen molar-refractivity contribution in [2.75, 3.05) is 6.54 Å². The Morgan fingerprint density at radius 3 is 2.63 bits per heavy atom. The molecule has 0 unspecified atom stereocenters. The molecule has 4 heteroatoms. The molecule has 2 rings (SSSR count). The van der Waals surface area contributed by atoms with Crippen LogP contribution in [0.3, 0.4) is 0 Å². The molecule has 0 aromatic carbocycles. The fourth-order valence-electron chi connectivity index (χ4n) is 2.86. The van der Waals surface area contributed by atoms with E-state index in [1.807, 2.05) is 6.07 Å². The Labute approximate surface area is 119 Å². The molecule has 19 heavy (non-hydrogen) atoms. The molecule has 0 amide bonds. The second-order valence-corrected chi connectivity index (χ2v) is 7.00. The van der Waals surface area contributed by atoms with Crippen molar-refractivity contribution < 1.29 is 9.90 Å². The Morgan fingerprint density at radius 1 is 1.42 bits per heavy atom. The number of rotatable bonds is 6. The summed E-state index contributed by atoms with van der Waals surface area (Å²) in [6.07, 6.45) is 5.27. The van der Waals surface area contributed by atoms with Gasteiger partial charge in [-0.15, -0.1) is 11.3 Å². The fraction of sp³-hybridized carbons (Fsp3) is 0.667. The molecule has 0 spiro atoms. The van der Waals surface area contributed by atoms with E-state index in [9.17, 15) is 4.79 Å². The predicted molar refractivity (Wildman–Crippen MR) is 78.8 cm³/mol. The third-order valence-electron chi connectivity index (χ3n) is 3.67. The van der Waals surface area contributed by atoms with Crippen LogP contribution in [-0.4, -0.2) is 28.6 Å². The highest BCUT2D eigenvalue weighted by Gasteiger charge is 2.23. The minimum atomic E-state index is -0.812. The summed E-state index contributed by atoms with van der Waals surface area (Å²) < 4.78 is 0. The van der Waals surface area contributed by atoms with Crippen LogP contribution in [0.5, 0.6) is 0 Å². The SMILES string of the molecule is CC(C)CN(Cc1ccc(C(=O)O)s1)C1CCCC1. The molecule has 1 heterocycles. The molecule has 1 aliphatic carbocycles. The zero-order valence-electron chi connectivity index (χ0n) is 11.8. The minimum Gasteiger partial charge on any atom is -0.477 e. The third-order valence-corrected chi connectivity index (χ3v) is 4.73. The summed E-state index contributed by atoms with van der Waals surface area (Å²) in [6.45, 7) is 6.50. The van der Waals surface area contributed by atoms with E-state index in [1.54, 1.807) is 6.07 Å². The van der Waals surface area contributed by atoms with Crippen LogP contribution in [0.25, 0.3) is 0 Å². The molecule has 1 aromatic rings. The van der Waals surface area contributed by atoms with Gasteiger partial charge in [0.1, 0.15) is 4.88 Å². The van der Waals surface area contributed by atoms with E-state index in [2.05, 4.69) is 18.7 Å². The molecule has 0 aliphatic heterocycles. The van der Waals surface area contributed by atoms with Gasteiger partial charge < -0.3 is 5.11 Å². The minimum absolute atomic E-state index is 0.450. The monoisotopic (exact) mass is 281 g/mol. The molecule has 1 N–H and O–H groups in total. The van der Waals surface area contributed by atoms with Gasteiger partial charge in [-0.25, -0.2) is 4.79 Å². The normalized spacial score (nSPS) is 16.6. The Morgan fingerprint density at radius 2 is 2.11 bits per heavy atom. The summed E-state index contributed by atoms with van der Waals surface area (Å²) in [7, 11) is 0. The van der Waals surface area contributed by atoms with Crippen LogP contribution in [-0.2, 0) is 6.54 Å². The lowest BCUT2D eigenvalue weighted by atomic mass is 10.1. The van der Waals surface area contributed by atoms with Gasteiger partial charge in [0.2, 0.25) is 0 Å². The standard InChI is InChI=1S/C15H23NO2S/c1-11(2)9-16(12-5-3-4-6-12)10-13-7-8-14(19-13)15(17)18/h7-8,11-12H,3-6,9-10H2,1-2H3,(H,17,18). The van der Waals surface area contributed by atoms with E-state index < -0.39 is 5.97 Å². The van der Waals surface area contributed by atoms with Crippen molar-refractivity contribution in [3.05, 3.63) is 21.9 Å². The molecule has 1 aliphatic rings. The number of carbonyl (C=O) groups is 1. The summed E-state index contributed by atoms with van der Waals surface area (Å²) in [5.74, 6) is -0.160. The number of carboxylic acid groups (broad SMARTS) is 1. The largest absolute Gasteiger partial charge is 0.477 e. The van der Waals surface area contributed by atoms with Crippen LogP contribution in [0, 0.1) is 5.92 Å². The van der Waals surface area contributed by atoms with Crippen LogP contribution in [0.2, 0.25) is 0 Å². The van der Waals surface area contributed by atoms with Crippen molar-refractivity contribution in [1.29, 1.82) is 0 Å². The lowest BCUT2D eigenvalue weighted by Gasteiger charge is -2.29. The zero-order chi connectivity index (χ0) is 13.8. The molecule has 1 saturated carbocycles. The number of aromatic carboxylic acids is 1. The van der Waals surface area contributed by atoms with Gasteiger partial charge in [0.15, 0.2) is 0 Å². The lowest BCUT2D eigenvalue weighted by molar-refractivity contribution is 0.0702. The van der Waals surface area contributed by atoms with Crippen LogP contribution in [0.4, 0.5) is 0 Å². The Hall–Kier alpha value is -0.870. The second kappa shape index (κ2) is 6.53. The molecular weight excluding hydrogens is 258 g/mol. The van der Waals surface area contributed by atoms with Crippen molar-refractivity contribution in [3.8, 4) is 0 Å². The first-order valence-corrected chi connectivity index (χ1v) is 7.94. The number of hydrogen-bond donors (Lipinski definition) is 1. The maximum absolute atomic E-state index is 10.9. The van der Waals surface area contributed by atoms with E-state index in [1.165, 1.54) is 41.9 Å². The Bertz CT molecular complexity index is 422. The molecule has 0 atom stereocenters. The summed E-state index contributed by atoms with van der Waals surface area (Å²) in [5, 5.41) is 8.99. The van der Waals surface area contributed by atoms with E-state index >= 15 is 0 Å². The zero-order valence-corrected chi connectivity index (χ0v) is 12.6. The molecule has 1 aromatic heterocycles. The predicted octanol–water partition coefficient (Wildman–Crippen LogP) is 3.85. The van der Waals surface area contributed by atoms with Crippen LogP contribution < -0.4 is 0 Å². The molecule has 0 saturated heterocycles. The van der Waals surface area contributed by atoms with Gasteiger partial charge in [-0.3, -0.25) is 4.90 Å². The lowest BCUT2D eigenvalue weighted by Crippen LogP contribution is -2.35. The molecular formula is C15H23NO2S. The van der Waals surface area contributed by atoms with Gasteiger partial charge in [0.25, 0.3) is 0 Å². The molecule has 0 bridgehead atoms. The molecule has 1 fully saturated rings. The van der Waals surface area contributed by atoms with Gasteiger partial charge >= 0.3 is 5.97 Å². The third kappa shape index (κ3) is 4.05. The maximum atomic E-state index is 10.9. The highest BCUT2D eigenvalue weighted by molar-refractivity contribution is 7.13. The van der Waals surface area contributed by atoms with E-state index in [0.717, 1.165) is 13.1 Å². The second-order valence-electron chi connectivity index (χ2n) is 5.83.